The van der Waals surface area contributed by atoms with E-state index in [9.17, 15) is 8.42 Å². The molecular formula is C20H20N4O3S. The van der Waals surface area contributed by atoms with Crippen molar-refractivity contribution in [3.63, 3.8) is 0 Å². The number of sulfonamides is 1. The van der Waals surface area contributed by atoms with Gasteiger partial charge in [0, 0.05) is 37.5 Å². The molecule has 0 amide bonds. The van der Waals surface area contributed by atoms with E-state index >= 15 is 0 Å². The van der Waals surface area contributed by atoms with Gasteiger partial charge in [-0.05, 0) is 60.6 Å². The van der Waals surface area contributed by atoms with Gasteiger partial charge in [0.2, 0.25) is 21.7 Å². The van der Waals surface area contributed by atoms with Crippen LogP contribution >= 0.6 is 0 Å². The zero-order chi connectivity index (χ0) is 19.1. The molecule has 144 valence electrons. The van der Waals surface area contributed by atoms with Crippen molar-refractivity contribution in [3.8, 4) is 11.4 Å². The fraction of sp³-hybridized carbons (Fsp3) is 0.350. The number of aromatic nitrogens is 3. The van der Waals surface area contributed by atoms with Crippen LogP contribution < -0.4 is 0 Å². The Hall–Kier alpha value is -2.58. The van der Waals surface area contributed by atoms with Crippen LogP contribution in [0.15, 0.2) is 52.1 Å². The van der Waals surface area contributed by atoms with E-state index in [1.54, 1.807) is 18.5 Å². The van der Waals surface area contributed by atoms with Crippen molar-refractivity contribution in [1.82, 2.24) is 19.4 Å². The normalized spacial score (nSPS) is 17.4. The highest BCUT2D eigenvalue weighted by Crippen LogP contribution is 2.30. The van der Waals surface area contributed by atoms with E-state index in [0.29, 0.717) is 36.1 Å². The fourth-order valence-electron chi connectivity index (χ4n) is 3.90. The molecule has 1 aliphatic carbocycles. The molecule has 0 unspecified atom stereocenters. The van der Waals surface area contributed by atoms with Gasteiger partial charge in [0.15, 0.2) is 0 Å². The summed E-state index contributed by atoms with van der Waals surface area (Å²) < 4.78 is 32.6. The Morgan fingerprint density at radius 2 is 2.00 bits per heavy atom. The molecule has 0 N–H and O–H groups in total. The van der Waals surface area contributed by atoms with Gasteiger partial charge >= 0.3 is 0 Å². The first-order valence-corrected chi connectivity index (χ1v) is 10.9. The Kier molecular flexibility index (Phi) is 4.25. The number of hydrogen-bond acceptors (Lipinski definition) is 6. The summed E-state index contributed by atoms with van der Waals surface area (Å²) in [6, 6.07) is 9.24. The largest absolute Gasteiger partial charge is 0.339 e. The standard InChI is InChI=1S/C20H20N4O3S/c25-28(26,18-7-6-15-3-1-4-16(15)10-18)24-12-14(13-24)9-19-22-20(23-27-19)17-5-2-8-21-11-17/h2,5-8,10-11,14H,1,3-4,9,12-13H2. The van der Waals surface area contributed by atoms with E-state index in [1.807, 2.05) is 24.3 Å². The van der Waals surface area contributed by atoms with Crippen molar-refractivity contribution in [2.24, 2.45) is 5.92 Å². The minimum Gasteiger partial charge on any atom is -0.339 e. The third kappa shape index (κ3) is 3.12. The topological polar surface area (TPSA) is 89.2 Å². The first-order chi connectivity index (χ1) is 13.6. The molecule has 1 fully saturated rings. The summed E-state index contributed by atoms with van der Waals surface area (Å²) in [7, 11) is -3.43. The average Bonchev–Trinajstić information content (AvgIpc) is 3.33. The summed E-state index contributed by atoms with van der Waals surface area (Å²) >= 11 is 0. The molecule has 1 aromatic carbocycles. The Morgan fingerprint density at radius 3 is 2.82 bits per heavy atom. The van der Waals surface area contributed by atoms with Gasteiger partial charge < -0.3 is 4.52 Å². The summed E-state index contributed by atoms with van der Waals surface area (Å²) in [5.74, 6) is 1.22. The third-order valence-corrected chi connectivity index (χ3v) is 7.31. The van der Waals surface area contributed by atoms with Crippen molar-refractivity contribution in [3.05, 3.63) is 59.7 Å². The Balaban J connectivity index is 1.23. The van der Waals surface area contributed by atoms with Gasteiger partial charge in [0.25, 0.3) is 0 Å². The number of rotatable bonds is 5. The summed E-state index contributed by atoms with van der Waals surface area (Å²) in [6.07, 6.45) is 7.07. The minimum atomic E-state index is -3.43. The number of benzene rings is 1. The molecule has 0 saturated carbocycles. The summed E-state index contributed by atoms with van der Waals surface area (Å²) in [6.45, 7) is 0.952. The van der Waals surface area contributed by atoms with Crippen molar-refractivity contribution < 1.29 is 12.9 Å². The van der Waals surface area contributed by atoms with E-state index in [-0.39, 0.29) is 5.92 Å². The molecule has 2 aliphatic rings. The van der Waals surface area contributed by atoms with Crippen LogP contribution in [0, 0.1) is 5.92 Å². The Morgan fingerprint density at radius 1 is 1.14 bits per heavy atom. The minimum absolute atomic E-state index is 0.186. The van der Waals surface area contributed by atoms with Gasteiger partial charge in [-0.15, -0.1) is 0 Å². The van der Waals surface area contributed by atoms with Gasteiger partial charge in [-0.1, -0.05) is 11.2 Å². The second-order valence-electron chi connectivity index (χ2n) is 7.43. The first kappa shape index (κ1) is 17.5. The van der Waals surface area contributed by atoms with Crippen LogP contribution in [0.25, 0.3) is 11.4 Å². The molecule has 5 rings (SSSR count). The van der Waals surface area contributed by atoms with Gasteiger partial charge in [0.05, 0.1) is 4.90 Å². The number of hydrogen-bond donors (Lipinski definition) is 0. The van der Waals surface area contributed by atoms with E-state index in [0.717, 1.165) is 24.8 Å². The van der Waals surface area contributed by atoms with E-state index < -0.39 is 10.0 Å². The van der Waals surface area contributed by atoms with E-state index in [1.165, 1.54) is 15.4 Å². The highest BCUT2D eigenvalue weighted by Gasteiger charge is 2.37. The maximum Gasteiger partial charge on any atom is 0.243 e. The lowest BCUT2D eigenvalue weighted by atomic mass is 9.99. The van der Waals surface area contributed by atoms with Crippen LogP contribution in [0.5, 0.6) is 0 Å². The molecule has 28 heavy (non-hydrogen) atoms. The Bertz CT molecular complexity index is 1110. The van der Waals surface area contributed by atoms with Gasteiger partial charge in [0.1, 0.15) is 0 Å². The summed E-state index contributed by atoms with van der Waals surface area (Å²) in [5.41, 5.74) is 3.25. The predicted octanol–water partition coefficient (Wildman–Crippen LogP) is 2.48. The number of nitrogens with zero attached hydrogens (tertiary/aromatic N) is 4. The molecule has 3 heterocycles. The lowest BCUT2D eigenvalue weighted by Gasteiger charge is -2.37. The molecule has 0 atom stereocenters. The van der Waals surface area contributed by atoms with Crippen LogP contribution in [-0.4, -0.2) is 40.9 Å². The molecule has 1 saturated heterocycles. The maximum atomic E-state index is 12.9. The highest BCUT2D eigenvalue weighted by molar-refractivity contribution is 7.89. The van der Waals surface area contributed by atoms with Crippen molar-refractivity contribution in [2.75, 3.05) is 13.1 Å². The van der Waals surface area contributed by atoms with Crippen LogP contribution in [0.2, 0.25) is 0 Å². The summed E-state index contributed by atoms with van der Waals surface area (Å²) in [4.78, 5) is 8.86. The fourth-order valence-corrected chi connectivity index (χ4v) is 5.55. The zero-order valence-electron chi connectivity index (χ0n) is 15.3. The van der Waals surface area contributed by atoms with Gasteiger partial charge in [-0.3, -0.25) is 4.98 Å². The molecular weight excluding hydrogens is 376 g/mol. The molecule has 1 aliphatic heterocycles. The lowest BCUT2D eigenvalue weighted by molar-refractivity contribution is 0.186. The number of aryl methyl sites for hydroxylation is 2. The van der Waals surface area contributed by atoms with Crippen LogP contribution in [0.1, 0.15) is 23.4 Å². The van der Waals surface area contributed by atoms with Gasteiger partial charge in [-0.25, -0.2) is 8.42 Å². The van der Waals surface area contributed by atoms with Crippen LogP contribution in [0.4, 0.5) is 0 Å². The molecule has 8 heteroatoms. The van der Waals surface area contributed by atoms with E-state index in [4.69, 9.17) is 4.52 Å². The zero-order valence-corrected chi connectivity index (χ0v) is 16.1. The Labute approximate surface area is 163 Å². The highest BCUT2D eigenvalue weighted by atomic mass is 32.2. The molecule has 2 aromatic heterocycles. The van der Waals surface area contributed by atoms with Crippen LogP contribution in [0.3, 0.4) is 0 Å². The molecule has 0 radical (unpaired) electrons. The monoisotopic (exact) mass is 396 g/mol. The predicted molar refractivity (Wildman–Crippen MR) is 102 cm³/mol. The van der Waals surface area contributed by atoms with E-state index in [2.05, 4.69) is 15.1 Å². The molecule has 0 bridgehead atoms. The van der Waals surface area contributed by atoms with Crippen molar-refractivity contribution >= 4 is 10.0 Å². The average molecular weight is 396 g/mol. The smallest absolute Gasteiger partial charge is 0.243 e. The number of pyridine rings is 1. The molecule has 3 aromatic rings. The summed E-state index contributed by atoms with van der Waals surface area (Å²) in [5, 5.41) is 3.99. The first-order valence-electron chi connectivity index (χ1n) is 9.44. The molecule has 0 spiro atoms. The van der Waals surface area contributed by atoms with Crippen LogP contribution in [-0.2, 0) is 29.3 Å². The third-order valence-electron chi connectivity index (χ3n) is 5.48. The SMILES string of the molecule is O=S(=O)(c1ccc2c(c1)CCC2)N1CC(Cc2nc(-c3cccnc3)no2)C1. The second kappa shape index (κ2) is 6.79. The second-order valence-corrected chi connectivity index (χ2v) is 9.37. The van der Waals surface area contributed by atoms with Crippen molar-refractivity contribution in [2.45, 2.75) is 30.6 Å². The quantitative estimate of drug-likeness (QED) is 0.658. The lowest BCUT2D eigenvalue weighted by Crippen LogP contribution is -2.50. The number of fused-ring (bicyclic) bond motifs is 1. The van der Waals surface area contributed by atoms with Crippen molar-refractivity contribution in [1.29, 1.82) is 0 Å². The molecule has 7 nitrogen and oxygen atoms in total. The van der Waals surface area contributed by atoms with Gasteiger partial charge in [-0.2, -0.15) is 9.29 Å². The maximum absolute atomic E-state index is 12.9.